The standard InChI is InChI=1S/C17H25FN2O2/c1-3-16(17(21)20-8-10-22-11-9-20)19-12-13(2)14-4-6-15(18)7-5-14/h4-7,13,16,19H,3,8-12H2,1-2H3/t13-,16-/m0/s1. The summed E-state index contributed by atoms with van der Waals surface area (Å²) in [6, 6.07) is 6.38. The molecule has 1 aromatic carbocycles. The molecule has 2 rings (SSSR count). The quantitative estimate of drug-likeness (QED) is 0.875. The van der Waals surface area contributed by atoms with Gasteiger partial charge in [-0.15, -0.1) is 0 Å². The summed E-state index contributed by atoms with van der Waals surface area (Å²) in [6.45, 7) is 7.36. The highest BCUT2D eigenvalue weighted by atomic mass is 19.1. The van der Waals surface area contributed by atoms with E-state index >= 15 is 0 Å². The molecule has 1 heterocycles. The minimum Gasteiger partial charge on any atom is -0.378 e. The molecule has 1 fully saturated rings. The average Bonchev–Trinajstić information content (AvgIpc) is 2.56. The number of carbonyl (C=O) groups is 1. The second-order valence-electron chi connectivity index (χ2n) is 5.76. The maximum absolute atomic E-state index is 13.0. The molecule has 4 nitrogen and oxygen atoms in total. The third-order valence-corrected chi connectivity index (χ3v) is 4.14. The van der Waals surface area contributed by atoms with E-state index in [0.717, 1.165) is 12.0 Å². The number of hydrogen-bond acceptors (Lipinski definition) is 3. The zero-order valence-corrected chi connectivity index (χ0v) is 13.3. The van der Waals surface area contributed by atoms with E-state index in [2.05, 4.69) is 12.2 Å². The molecule has 2 atom stereocenters. The Bertz CT molecular complexity index is 472. The molecule has 1 N–H and O–H groups in total. The lowest BCUT2D eigenvalue weighted by Crippen LogP contribution is -2.50. The molecule has 0 radical (unpaired) electrons. The number of nitrogens with one attached hydrogen (secondary N) is 1. The first kappa shape index (κ1) is 16.9. The summed E-state index contributed by atoms with van der Waals surface area (Å²) in [6.07, 6.45) is 0.756. The molecule has 0 bridgehead atoms. The number of hydrogen-bond donors (Lipinski definition) is 1. The van der Waals surface area contributed by atoms with Crippen LogP contribution in [-0.2, 0) is 9.53 Å². The van der Waals surface area contributed by atoms with Crippen molar-refractivity contribution >= 4 is 5.91 Å². The number of amides is 1. The lowest BCUT2D eigenvalue weighted by molar-refractivity contribution is -0.137. The van der Waals surface area contributed by atoms with Gasteiger partial charge in [0.1, 0.15) is 5.82 Å². The van der Waals surface area contributed by atoms with E-state index in [1.54, 1.807) is 12.1 Å². The lowest BCUT2D eigenvalue weighted by atomic mass is 10.0. The van der Waals surface area contributed by atoms with Crippen LogP contribution in [-0.4, -0.2) is 49.7 Å². The van der Waals surface area contributed by atoms with Gasteiger partial charge in [0, 0.05) is 19.6 Å². The third kappa shape index (κ3) is 4.52. The van der Waals surface area contributed by atoms with Crippen LogP contribution >= 0.6 is 0 Å². The molecule has 0 aromatic heterocycles. The van der Waals surface area contributed by atoms with Crippen LogP contribution in [0.3, 0.4) is 0 Å². The molecule has 5 heteroatoms. The molecule has 1 saturated heterocycles. The van der Waals surface area contributed by atoms with Gasteiger partial charge in [-0.3, -0.25) is 4.79 Å². The number of carbonyl (C=O) groups excluding carboxylic acids is 1. The Balaban J connectivity index is 1.87. The highest BCUT2D eigenvalue weighted by molar-refractivity contribution is 5.81. The molecule has 0 unspecified atom stereocenters. The van der Waals surface area contributed by atoms with Crippen molar-refractivity contribution in [2.45, 2.75) is 32.2 Å². The number of ether oxygens (including phenoxy) is 1. The molecular weight excluding hydrogens is 283 g/mol. The third-order valence-electron chi connectivity index (χ3n) is 4.14. The van der Waals surface area contributed by atoms with Crippen LogP contribution in [0.4, 0.5) is 4.39 Å². The van der Waals surface area contributed by atoms with Gasteiger partial charge in [-0.05, 0) is 30.0 Å². The minimum atomic E-state index is -0.224. The zero-order valence-electron chi connectivity index (χ0n) is 13.3. The summed E-state index contributed by atoms with van der Waals surface area (Å²) in [5.41, 5.74) is 1.07. The van der Waals surface area contributed by atoms with Crippen LogP contribution in [0.1, 0.15) is 31.7 Å². The van der Waals surface area contributed by atoms with Gasteiger partial charge in [-0.2, -0.15) is 0 Å². The van der Waals surface area contributed by atoms with Crippen molar-refractivity contribution in [3.8, 4) is 0 Å². The Hall–Kier alpha value is -1.46. The molecule has 122 valence electrons. The van der Waals surface area contributed by atoms with E-state index in [-0.39, 0.29) is 23.7 Å². The summed E-state index contributed by atoms with van der Waals surface area (Å²) in [4.78, 5) is 14.3. The van der Waals surface area contributed by atoms with Crippen LogP contribution in [0.2, 0.25) is 0 Å². The molecule has 0 spiro atoms. The monoisotopic (exact) mass is 308 g/mol. The van der Waals surface area contributed by atoms with E-state index in [1.807, 2.05) is 11.8 Å². The topological polar surface area (TPSA) is 41.6 Å². The van der Waals surface area contributed by atoms with Crippen molar-refractivity contribution < 1.29 is 13.9 Å². The molecule has 0 saturated carbocycles. The smallest absolute Gasteiger partial charge is 0.239 e. The molecule has 1 aromatic rings. The van der Waals surface area contributed by atoms with E-state index in [4.69, 9.17) is 4.74 Å². The van der Waals surface area contributed by atoms with E-state index in [0.29, 0.717) is 32.8 Å². The SMILES string of the molecule is CC[C@H](NC[C@H](C)c1ccc(F)cc1)C(=O)N1CCOCC1. The second kappa shape index (κ2) is 8.25. The predicted molar refractivity (Wildman–Crippen MR) is 84.3 cm³/mol. The summed E-state index contributed by atoms with van der Waals surface area (Å²) in [7, 11) is 0. The highest BCUT2D eigenvalue weighted by Gasteiger charge is 2.24. The Kier molecular flexibility index (Phi) is 6.34. The number of rotatable bonds is 6. The zero-order chi connectivity index (χ0) is 15.9. The van der Waals surface area contributed by atoms with Crippen molar-refractivity contribution in [2.75, 3.05) is 32.8 Å². The molecular formula is C17H25FN2O2. The molecule has 0 aliphatic carbocycles. The van der Waals surface area contributed by atoms with Gasteiger partial charge in [0.05, 0.1) is 19.3 Å². The highest BCUT2D eigenvalue weighted by Crippen LogP contribution is 2.15. The molecule has 1 aliphatic rings. The summed E-state index contributed by atoms with van der Waals surface area (Å²) in [5, 5.41) is 3.35. The van der Waals surface area contributed by atoms with Gasteiger partial charge in [-0.1, -0.05) is 26.0 Å². The van der Waals surface area contributed by atoms with Crippen molar-refractivity contribution in [3.63, 3.8) is 0 Å². The number of benzene rings is 1. The fourth-order valence-electron chi connectivity index (χ4n) is 2.64. The fraction of sp³-hybridized carbons (Fsp3) is 0.588. The first-order chi connectivity index (χ1) is 10.6. The Morgan fingerprint density at radius 3 is 2.55 bits per heavy atom. The second-order valence-corrected chi connectivity index (χ2v) is 5.76. The van der Waals surface area contributed by atoms with Crippen LogP contribution < -0.4 is 5.32 Å². The maximum Gasteiger partial charge on any atom is 0.239 e. The van der Waals surface area contributed by atoms with Crippen LogP contribution in [0.25, 0.3) is 0 Å². The Labute approximate surface area is 131 Å². The van der Waals surface area contributed by atoms with Gasteiger partial charge in [0.25, 0.3) is 0 Å². The Morgan fingerprint density at radius 1 is 1.32 bits per heavy atom. The lowest BCUT2D eigenvalue weighted by Gasteiger charge is -2.31. The van der Waals surface area contributed by atoms with Gasteiger partial charge in [-0.25, -0.2) is 4.39 Å². The number of nitrogens with zero attached hydrogens (tertiary/aromatic N) is 1. The van der Waals surface area contributed by atoms with Crippen molar-refractivity contribution in [1.82, 2.24) is 10.2 Å². The van der Waals surface area contributed by atoms with E-state index in [1.165, 1.54) is 12.1 Å². The molecule has 22 heavy (non-hydrogen) atoms. The van der Waals surface area contributed by atoms with E-state index < -0.39 is 0 Å². The predicted octanol–water partition coefficient (Wildman–Crippen LogP) is 2.16. The van der Waals surface area contributed by atoms with Gasteiger partial charge < -0.3 is 15.0 Å². The maximum atomic E-state index is 13.0. The van der Waals surface area contributed by atoms with Crippen LogP contribution in [0.15, 0.2) is 24.3 Å². The van der Waals surface area contributed by atoms with E-state index in [9.17, 15) is 9.18 Å². The number of halogens is 1. The largest absolute Gasteiger partial charge is 0.378 e. The van der Waals surface area contributed by atoms with Crippen molar-refractivity contribution in [2.24, 2.45) is 0 Å². The van der Waals surface area contributed by atoms with Crippen LogP contribution in [0.5, 0.6) is 0 Å². The van der Waals surface area contributed by atoms with Gasteiger partial charge in [0.15, 0.2) is 0 Å². The molecule has 1 aliphatic heterocycles. The molecule has 1 amide bonds. The van der Waals surface area contributed by atoms with Gasteiger partial charge in [0.2, 0.25) is 5.91 Å². The normalized spacial score (nSPS) is 18.0. The van der Waals surface area contributed by atoms with Crippen LogP contribution in [0, 0.1) is 5.82 Å². The van der Waals surface area contributed by atoms with Crippen molar-refractivity contribution in [3.05, 3.63) is 35.6 Å². The van der Waals surface area contributed by atoms with Crippen molar-refractivity contribution in [1.29, 1.82) is 0 Å². The Morgan fingerprint density at radius 2 is 1.95 bits per heavy atom. The first-order valence-corrected chi connectivity index (χ1v) is 7.97. The van der Waals surface area contributed by atoms with Gasteiger partial charge >= 0.3 is 0 Å². The minimum absolute atomic E-state index is 0.150. The number of morpholine rings is 1. The summed E-state index contributed by atoms with van der Waals surface area (Å²) >= 11 is 0. The summed E-state index contributed by atoms with van der Waals surface area (Å²) in [5.74, 6) is 0.155. The fourth-order valence-corrected chi connectivity index (χ4v) is 2.64. The average molecular weight is 308 g/mol. The summed E-state index contributed by atoms with van der Waals surface area (Å²) < 4.78 is 18.2. The first-order valence-electron chi connectivity index (χ1n) is 7.97.